The maximum Gasteiger partial charge on any atom is 0.335 e. The molecule has 2 aromatic carbocycles. The molecule has 36 heavy (non-hydrogen) atoms. The van der Waals surface area contributed by atoms with Crippen LogP contribution in [0.25, 0.3) is 27.8 Å². The van der Waals surface area contributed by atoms with Crippen LogP contribution in [0.3, 0.4) is 0 Å². The topological polar surface area (TPSA) is 154 Å². The summed E-state index contributed by atoms with van der Waals surface area (Å²) in [5, 5.41) is 10.6. The highest BCUT2D eigenvalue weighted by atomic mass is 32.2. The third kappa shape index (κ3) is 3.86. The number of imidazole rings is 1. The fraction of sp³-hybridized carbons (Fsp3) is 0.217. The summed E-state index contributed by atoms with van der Waals surface area (Å²) in [6.45, 7) is 5.63. The highest BCUT2D eigenvalue weighted by Gasteiger charge is 2.24. The molecule has 5 rings (SSSR count). The van der Waals surface area contributed by atoms with E-state index in [9.17, 15) is 17.6 Å². The monoisotopic (exact) mass is 510 g/mol. The molecule has 11 nitrogen and oxygen atoms in total. The zero-order valence-electron chi connectivity index (χ0n) is 19.6. The zero-order chi connectivity index (χ0) is 25.7. The summed E-state index contributed by atoms with van der Waals surface area (Å²) in [5.41, 5.74) is 9.29. The van der Waals surface area contributed by atoms with Gasteiger partial charge in [-0.25, -0.2) is 17.6 Å². The molecule has 0 atom stereocenters. The van der Waals surface area contributed by atoms with Crippen molar-refractivity contribution in [1.82, 2.24) is 29.3 Å². The number of nitrogens with zero attached hydrogens (tertiary/aromatic N) is 5. The van der Waals surface area contributed by atoms with Crippen molar-refractivity contribution in [2.75, 3.05) is 11.1 Å². The van der Waals surface area contributed by atoms with Crippen molar-refractivity contribution in [3.8, 4) is 5.69 Å². The molecule has 5 aromatic rings. The number of thiol groups is 1. The van der Waals surface area contributed by atoms with E-state index in [0.29, 0.717) is 16.8 Å². The minimum Gasteiger partial charge on any atom is -0.382 e. The first-order chi connectivity index (χ1) is 17.2. The summed E-state index contributed by atoms with van der Waals surface area (Å²) in [5.74, 6) is -0.923. The Morgan fingerprint density at radius 1 is 1.19 bits per heavy atom. The first-order valence-corrected chi connectivity index (χ1v) is 12.4. The molecule has 0 fully saturated rings. The van der Waals surface area contributed by atoms with Crippen molar-refractivity contribution in [2.45, 2.75) is 32.6 Å². The summed E-state index contributed by atoms with van der Waals surface area (Å²) < 4.78 is 39.5. The molecule has 3 heterocycles. The Morgan fingerprint density at radius 3 is 2.67 bits per heavy atom. The van der Waals surface area contributed by atoms with E-state index in [1.165, 1.54) is 21.3 Å². The van der Waals surface area contributed by atoms with Gasteiger partial charge in [0.1, 0.15) is 22.0 Å². The standard InChI is InChI=1S/C23H23FN8O3S/c1-11(2)31-21-19(32(23(31)33)17-7-4-12(3)18-14(17)9-26-30-18)20(25)28-22(29-21)27-16-6-5-13(8-15(16)24)10-36(34)35/h4-9,11,36H,10H2,1-3H3,(H,26,30)(H3,25,27,28,29). The van der Waals surface area contributed by atoms with Crippen molar-refractivity contribution in [2.24, 2.45) is 0 Å². The normalized spacial score (nSPS) is 11.8. The summed E-state index contributed by atoms with van der Waals surface area (Å²) in [4.78, 5) is 22.4. The second-order valence-corrected chi connectivity index (χ2v) is 9.66. The molecule has 0 saturated heterocycles. The lowest BCUT2D eigenvalue weighted by molar-refractivity contribution is 0.586. The minimum absolute atomic E-state index is 0.00883. The number of benzene rings is 2. The van der Waals surface area contributed by atoms with Gasteiger partial charge < -0.3 is 11.1 Å². The maximum absolute atomic E-state index is 14.6. The number of rotatable bonds is 6. The summed E-state index contributed by atoms with van der Waals surface area (Å²) in [6, 6.07) is 7.45. The highest BCUT2D eigenvalue weighted by Crippen LogP contribution is 2.30. The van der Waals surface area contributed by atoms with Gasteiger partial charge in [-0.2, -0.15) is 15.1 Å². The van der Waals surface area contributed by atoms with Crippen LogP contribution in [0, 0.1) is 12.7 Å². The number of nitrogen functional groups attached to an aromatic ring is 1. The van der Waals surface area contributed by atoms with Crippen molar-refractivity contribution < 1.29 is 12.8 Å². The molecule has 3 aromatic heterocycles. The van der Waals surface area contributed by atoms with E-state index in [0.717, 1.165) is 22.5 Å². The van der Waals surface area contributed by atoms with Gasteiger partial charge in [0.25, 0.3) is 0 Å². The SMILES string of the molecule is Cc1ccc(-n2c(=O)n(C(C)C)c3nc(Nc4ccc(C[SH](=O)=O)cc4F)nc(N)c32)c2cn[nH]c12. The van der Waals surface area contributed by atoms with Gasteiger partial charge in [-0.05, 0) is 50.1 Å². The fourth-order valence-corrected chi connectivity index (χ4v) is 4.76. The van der Waals surface area contributed by atoms with Crippen LogP contribution >= 0.6 is 0 Å². The van der Waals surface area contributed by atoms with Crippen molar-refractivity contribution in [1.29, 1.82) is 0 Å². The van der Waals surface area contributed by atoms with Crippen molar-refractivity contribution in [3.63, 3.8) is 0 Å². The molecular formula is C23H23FN8O3S. The van der Waals surface area contributed by atoms with Gasteiger partial charge in [0.15, 0.2) is 11.5 Å². The largest absolute Gasteiger partial charge is 0.382 e. The highest BCUT2D eigenvalue weighted by molar-refractivity contribution is 7.71. The fourth-order valence-electron chi connectivity index (χ4n) is 4.26. The summed E-state index contributed by atoms with van der Waals surface area (Å²) in [6.07, 6.45) is 1.64. The Labute approximate surface area is 205 Å². The summed E-state index contributed by atoms with van der Waals surface area (Å²) in [7, 11) is -2.68. The van der Waals surface area contributed by atoms with E-state index >= 15 is 0 Å². The van der Waals surface area contributed by atoms with Crippen LogP contribution in [-0.2, 0) is 16.5 Å². The lowest BCUT2D eigenvalue weighted by Gasteiger charge is -2.10. The first kappa shape index (κ1) is 23.5. The minimum atomic E-state index is -2.68. The van der Waals surface area contributed by atoms with E-state index < -0.39 is 16.5 Å². The number of H-pyrrole nitrogens is 1. The van der Waals surface area contributed by atoms with Crippen LogP contribution in [0.15, 0.2) is 41.3 Å². The van der Waals surface area contributed by atoms with E-state index in [2.05, 4.69) is 25.5 Å². The molecule has 0 spiro atoms. The van der Waals surface area contributed by atoms with Gasteiger partial charge in [-0.3, -0.25) is 14.2 Å². The molecule has 0 saturated carbocycles. The molecule has 13 heteroatoms. The molecule has 186 valence electrons. The van der Waals surface area contributed by atoms with Crippen molar-refractivity contribution in [3.05, 3.63) is 64.0 Å². The van der Waals surface area contributed by atoms with Crippen LogP contribution in [0.4, 0.5) is 21.8 Å². The number of aryl methyl sites for hydroxylation is 1. The molecule has 4 N–H and O–H groups in total. The van der Waals surface area contributed by atoms with Crippen LogP contribution in [0.1, 0.15) is 31.0 Å². The third-order valence-electron chi connectivity index (χ3n) is 5.89. The quantitative estimate of drug-likeness (QED) is 0.254. The van der Waals surface area contributed by atoms with Crippen molar-refractivity contribution >= 4 is 50.2 Å². The molecule has 0 aliphatic rings. The number of anilines is 3. The van der Waals surface area contributed by atoms with Gasteiger partial charge in [0, 0.05) is 11.4 Å². The molecule has 0 aliphatic carbocycles. The van der Waals surface area contributed by atoms with Gasteiger partial charge in [-0.15, -0.1) is 0 Å². The molecular weight excluding hydrogens is 487 g/mol. The predicted molar refractivity (Wildman–Crippen MR) is 136 cm³/mol. The Bertz CT molecular complexity index is 1780. The number of fused-ring (bicyclic) bond motifs is 2. The Hall–Kier alpha value is -4.26. The number of hydrogen-bond donors (Lipinski definition) is 4. The van der Waals surface area contributed by atoms with Gasteiger partial charge in [0.2, 0.25) is 5.95 Å². The average molecular weight is 511 g/mol. The van der Waals surface area contributed by atoms with E-state index in [-0.39, 0.29) is 40.6 Å². The lowest BCUT2D eigenvalue weighted by Crippen LogP contribution is -2.24. The number of halogens is 1. The molecule has 0 unspecified atom stereocenters. The maximum atomic E-state index is 14.6. The molecule has 0 bridgehead atoms. The Morgan fingerprint density at radius 2 is 1.97 bits per heavy atom. The number of nitrogens with two attached hydrogens (primary N) is 1. The van der Waals surface area contributed by atoms with E-state index in [1.54, 1.807) is 6.20 Å². The number of nitrogens with one attached hydrogen (secondary N) is 2. The van der Waals surface area contributed by atoms with Crippen LogP contribution in [0.5, 0.6) is 0 Å². The van der Waals surface area contributed by atoms with Gasteiger partial charge in [0.05, 0.1) is 28.8 Å². The number of hydrogen-bond acceptors (Lipinski definition) is 8. The van der Waals surface area contributed by atoms with Crippen LogP contribution in [-0.4, -0.2) is 37.7 Å². The van der Waals surface area contributed by atoms with Crippen LogP contribution in [0.2, 0.25) is 0 Å². The van der Waals surface area contributed by atoms with Crippen LogP contribution < -0.4 is 16.7 Å². The average Bonchev–Trinajstić information content (AvgIpc) is 3.39. The summed E-state index contributed by atoms with van der Waals surface area (Å²) >= 11 is 0. The number of aromatic amines is 1. The van der Waals surface area contributed by atoms with Gasteiger partial charge >= 0.3 is 5.69 Å². The molecule has 0 amide bonds. The van der Waals surface area contributed by atoms with E-state index in [1.807, 2.05) is 32.9 Å². The number of aromatic nitrogens is 6. The Balaban J connectivity index is 1.68. The first-order valence-electron chi connectivity index (χ1n) is 11.1. The third-order valence-corrected chi connectivity index (χ3v) is 6.51. The molecule has 0 radical (unpaired) electrons. The van der Waals surface area contributed by atoms with Gasteiger partial charge in [-0.1, -0.05) is 12.1 Å². The molecule has 0 aliphatic heterocycles. The second-order valence-electron chi connectivity index (χ2n) is 8.68. The predicted octanol–water partition coefficient (Wildman–Crippen LogP) is 2.92. The Kier molecular flexibility index (Phi) is 5.71. The lowest BCUT2D eigenvalue weighted by atomic mass is 10.1. The second kappa shape index (κ2) is 8.75. The van der Waals surface area contributed by atoms with E-state index in [4.69, 9.17) is 5.73 Å². The smallest absolute Gasteiger partial charge is 0.335 e. The zero-order valence-corrected chi connectivity index (χ0v) is 20.5.